The first-order valence-electron chi connectivity index (χ1n) is 10.8. The van der Waals surface area contributed by atoms with Gasteiger partial charge in [0.15, 0.2) is 17.2 Å². The van der Waals surface area contributed by atoms with E-state index in [4.69, 9.17) is 18.9 Å². The summed E-state index contributed by atoms with van der Waals surface area (Å²) in [5.74, 6) is 1.90. The van der Waals surface area contributed by atoms with Gasteiger partial charge in [-0.2, -0.15) is 9.61 Å². The van der Waals surface area contributed by atoms with Crippen LogP contribution in [-0.2, 0) is 0 Å². The van der Waals surface area contributed by atoms with Gasteiger partial charge in [-0.25, -0.2) is 4.98 Å². The Bertz CT molecular complexity index is 1380. The average molecular weight is 439 g/mol. The van der Waals surface area contributed by atoms with E-state index in [1.165, 1.54) is 6.26 Å². The normalized spacial score (nSPS) is 14.2. The zero-order chi connectivity index (χ0) is 22.2. The Morgan fingerprint density at radius 2 is 1.61 bits per heavy atom. The smallest absolute Gasteiger partial charge is 0.289 e. The van der Waals surface area contributed by atoms with Crippen LogP contribution < -0.4 is 4.90 Å². The molecule has 1 fully saturated rings. The SMILES string of the molecule is O=C(c1ccco1)N1CCN(c2cc(-c3ccco3)nc3cc(-c4ccccc4)nn23)CC1. The summed E-state index contributed by atoms with van der Waals surface area (Å²) in [7, 11) is 0. The molecule has 5 heterocycles. The lowest BCUT2D eigenvalue weighted by Gasteiger charge is -2.35. The predicted octanol–water partition coefficient (Wildman–Crippen LogP) is 4.21. The Hall–Kier alpha value is -4.33. The maximum absolute atomic E-state index is 12.7. The molecule has 164 valence electrons. The molecule has 33 heavy (non-hydrogen) atoms. The van der Waals surface area contributed by atoms with Crippen molar-refractivity contribution in [3.8, 4) is 22.7 Å². The van der Waals surface area contributed by atoms with Gasteiger partial charge < -0.3 is 18.6 Å². The number of nitrogens with zero attached hydrogens (tertiary/aromatic N) is 5. The minimum absolute atomic E-state index is 0.0822. The lowest BCUT2D eigenvalue weighted by atomic mass is 10.2. The summed E-state index contributed by atoms with van der Waals surface area (Å²) in [6.45, 7) is 2.52. The molecule has 4 aromatic heterocycles. The van der Waals surface area contributed by atoms with E-state index in [0.717, 1.165) is 28.4 Å². The highest BCUT2D eigenvalue weighted by atomic mass is 16.3. The summed E-state index contributed by atoms with van der Waals surface area (Å²) in [5.41, 5.74) is 3.37. The van der Waals surface area contributed by atoms with Crippen molar-refractivity contribution < 1.29 is 13.6 Å². The quantitative estimate of drug-likeness (QED) is 0.417. The summed E-state index contributed by atoms with van der Waals surface area (Å²) < 4.78 is 12.8. The van der Waals surface area contributed by atoms with Gasteiger partial charge in [-0.05, 0) is 24.3 Å². The fourth-order valence-electron chi connectivity index (χ4n) is 4.18. The number of furan rings is 2. The second-order valence-electron chi connectivity index (χ2n) is 7.90. The topological polar surface area (TPSA) is 80.0 Å². The van der Waals surface area contributed by atoms with Crippen LogP contribution in [0.1, 0.15) is 10.6 Å². The first-order chi connectivity index (χ1) is 16.3. The summed E-state index contributed by atoms with van der Waals surface area (Å²) in [6.07, 6.45) is 3.17. The molecule has 0 unspecified atom stereocenters. The van der Waals surface area contributed by atoms with Crippen LogP contribution in [0.2, 0.25) is 0 Å². The fourth-order valence-corrected chi connectivity index (χ4v) is 4.18. The molecule has 1 aliphatic rings. The lowest BCUT2D eigenvalue weighted by molar-refractivity contribution is 0.0714. The fraction of sp³-hybridized carbons (Fsp3) is 0.160. The van der Waals surface area contributed by atoms with Gasteiger partial charge in [-0.15, -0.1) is 0 Å². The molecule has 1 aromatic carbocycles. The maximum Gasteiger partial charge on any atom is 0.289 e. The zero-order valence-corrected chi connectivity index (χ0v) is 17.8. The molecule has 0 bridgehead atoms. The second-order valence-corrected chi connectivity index (χ2v) is 7.90. The standard InChI is InChI=1S/C25H21N5O3/c31-25(22-9-5-15-33-22)29-12-10-28(11-13-29)24-17-20(21-8-4-14-32-21)26-23-16-19(27-30(23)24)18-6-2-1-3-7-18/h1-9,14-17H,10-13H2. The summed E-state index contributed by atoms with van der Waals surface area (Å²) in [5, 5.41) is 4.86. The van der Waals surface area contributed by atoms with Crippen LogP contribution in [-0.4, -0.2) is 51.6 Å². The van der Waals surface area contributed by atoms with E-state index >= 15 is 0 Å². The summed E-state index contributed by atoms with van der Waals surface area (Å²) >= 11 is 0. The number of hydrogen-bond acceptors (Lipinski definition) is 6. The first-order valence-corrected chi connectivity index (χ1v) is 10.8. The lowest BCUT2D eigenvalue weighted by Crippen LogP contribution is -2.49. The number of carbonyl (C=O) groups excluding carboxylic acids is 1. The van der Waals surface area contributed by atoms with Crippen LogP contribution in [0.15, 0.2) is 88.1 Å². The molecule has 0 radical (unpaired) electrons. The monoisotopic (exact) mass is 439 g/mol. The molecule has 0 aliphatic carbocycles. The Labute approximate surface area is 189 Å². The number of piperazine rings is 1. The van der Waals surface area contributed by atoms with Gasteiger partial charge in [0.05, 0.1) is 18.2 Å². The third kappa shape index (κ3) is 3.55. The van der Waals surface area contributed by atoms with Crippen LogP contribution in [0.3, 0.4) is 0 Å². The van der Waals surface area contributed by atoms with Gasteiger partial charge in [0.25, 0.3) is 5.91 Å². The largest absolute Gasteiger partial charge is 0.463 e. The number of aromatic nitrogens is 3. The highest BCUT2D eigenvalue weighted by Gasteiger charge is 2.26. The number of carbonyl (C=O) groups is 1. The molecular weight excluding hydrogens is 418 g/mol. The number of hydrogen-bond donors (Lipinski definition) is 0. The molecule has 1 aliphatic heterocycles. The molecule has 1 amide bonds. The number of rotatable bonds is 4. The van der Waals surface area contributed by atoms with E-state index < -0.39 is 0 Å². The van der Waals surface area contributed by atoms with Crippen LogP contribution in [0.25, 0.3) is 28.4 Å². The molecule has 8 nitrogen and oxygen atoms in total. The van der Waals surface area contributed by atoms with E-state index in [1.807, 2.05) is 64.0 Å². The third-order valence-corrected chi connectivity index (χ3v) is 5.87. The van der Waals surface area contributed by atoms with Gasteiger partial charge in [0.1, 0.15) is 11.5 Å². The average Bonchev–Trinajstić information content (AvgIpc) is 3.65. The van der Waals surface area contributed by atoms with Gasteiger partial charge in [0.2, 0.25) is 0 Å². The van der Waals surface area contributed by atoms with Crippen molar-refractivity contribution in [2.75, 3.05) is 31.1 Å². The molecule has 0 atom stereocenters. The second kappa shape index (κ2) is 7.98. The predicted molar refractivity (Wildman–Crippen MR) is 123 cm³/mol. The Morgan fingerprint density at radius 3 is 2.33 bits per heavy atom. The summed E-state index contributed by atoms with van der Waals surface area (Å²) in [6, 6.07) is 21.2. The maximum atomic E-state index is 12.7. The van der Waals surface area contributed by atoms with Gasteiger partial charge in [-0.1, -0.05) is 30.3 Å². The number of anilines is 1. The van der Waals surface area contributed by atoms with E-state index in [9.17, 15) is 4.79 Å². The van der Waals surface area contributed by atoms with Crippen molar-refractivity contribution in [1.29, 1.82) is 0 Å². The van der Waals surface area contributed by atoms with Crippen molar-refractivity contribution in [2.24, 2.45) is 0 Å². The Morgan fingerprint density at radius 1 is 0.818 bits per heavy atom. The number of amides is 1. The molecular formula is C25H21N5O3. The minimum Gasteiger partial charge on any atom is -0.463 e. The Balaban J connectivity index is 1.36. The van der Waals surface area contributed by atoms with Gasteiger partial charge in [-0.3, -0.25) is 4.79 Å². The van der Waals surface area contributed by atoms with Crippen LogP contribution >= 0.6 is 0 Å². The van der Waals surface area contributed by atoms with E-state index in [1.54, 1.807) is 18.4 Å². The molecule has 5 aromatic rings. The van der Waals surface area contributed by atoms with Gasteiger partial charge >= 0.3 is 0 Å². The van der Waals surface area contributed by atoms with Crippen molar-refractivity contribution >= 4 is 17.4 Å². The van der Waals surface area contributed by atoms with E-state index in [0.29, 0.717) is 37.7 Å². The third-order valence-electron chi connectivity index (χ3n) is 5.87. The zero-order valence-electron chi connectivity index (χ0n) is 17.8. The van der Waals surface area contributed by atoms with Crippen molar-refractivity contribution in [2.45, 2.75) is 0 Å². The molecule has 0 N–H and O–H groups in total. The molecule has 1 saturated heterocycles. The van der Waals surface area contributed by atoms with E-state index in [2.05, 4.69) is 4.90 Å². The van der Waals surface area contributed by atoms with E-state index in [-0.39, 0.29) is 5.91 Å². The number of fused-ring (bicyclic) bond motifs is 1. The van der Waals surface area contributed by atoms with Crippen molar-refractivity contribution in [3.63, 3.8) is 0 Å². The van der Waals surface area contributed by atoms with Gasteiger partial charge in [0, 0.05) is 43.9 Å². The van der Waals surface area contributed by atoms with Crippen LogP contribution in [0, 0.1) is 0 Å². The molecule has 6 rings (SSSR count). The van der Waals surface area contributed by atoms with Crippen LogP contribution in [0.5, 0.6) is 0 Å². The highest BCUT2D eigenvalue weighted by Crippen LogP contribution is 2.28. The molecule has 8 heteroatoms. The first kappa shape index (κ1) is 19.4. The minimum atomic E-state index is -0.0822. The summed E-state index contributed by atoms with van der Waals surface area (Å²) in [4.78, 5) is 21.5. The van der Waals surface area contributed by atoms with Crippen molar-refractivity contribution in [3.05, 3.63) is 85.0 Å². The number of benzene rings is 1. The highest BCUT2D eigenvalue weighted by molar-refractivity contribution is 5.91. The molecule has 0 spiro atoms. The molecule has 0 saturated carbocycles. The van der Waals surface area contributed by atoms with Crippen LogP contribution in [0.4, 0.5) is 5.82 Å². The Kier molecular flexibility index (Phi) is 4.68. The van der Waals surface area contributed by atoms with Crippen molar-refractivity contribution in [1.82, 2.24) is 19.5 Å².